The Hall–Kier alpha value is -1.16. The van der Waals surface area contributed by atoms with E-state index in [0.29, 0.717) is 6.04 Å². The summed E-state index contributed by atoms with van der Waals surface area (Å²) in [4.78, 5) is 6.97. The van der Waals surface area contributed by atoms with E-state index in [-0.39, 0.29) is 0 Å². The second-order valence-electron chi connectivity index (χ2n) is 4.76. The molecule has 0 aliphatic carbocycles. The van der Waals surface area contributed by atoms with E-state index in [1.165, 1.54) is 12.1 Å². The summed E-state index contributed by atoms with van der Waals surface area (Å²) in [5.74, 6) is 1.16. The Morgan fingerprint density at radius 1 is 1.26 bits per heavy atom. The number of nitrogens with zero attached hydrogens (tertiary/aromatic N) is 2. The number of aliphatic imine (C=N–C) groups is 1. The summed E-state index contributed by atoms with van der Waals surface area (Å²) in [7, 11) is 0. The van der Waals surface area contributed by atoms with Gasteiger partial charge in [0, 0.05) is 30.2 Å². The molecule has 1 aliphatic heterocycles. The lowest BCUT2D eigenvalue weighted by molar-refractivity contribution is 0.720. The minimum atomic E-state index is 0.443. The van der Waals surface area contributed by atoms with Gasteiger partial charge in [0.25, 0.3) is 0 Å². The van der Waals surface area contributed by atoms with Crippen LogP contribution in [-0.2, 0) is 0 Å². The molecule has 1 heterocycles. The molecule has 1 N–H and O–H groups in total. The molecule has 19 heavy (non-hydrogen) atoms. The van der Waals surface area contributed by atoms with Crippen molar-refractivity contribution in [1.82, 2.24) is 0 Å². The standard InChI is InChI=1S/C15H23N3S/c1-4-18(5-2)14-8-6-13(7-9-14)17-15-16-12(3)10-11-19-15/h6-9,12H,4-5,10-11H2,1-3H3,(H,16,17). The largest absolute Gasteiger partial charge is 0.372 e. The number of hydrogen-bond acceptors (Lipinski definition) is 4. The monoisotopic (exact) mass is 277 g/mol. The fraction of sp³-hybridized carbons (Fsp3) is 0.533. The molecule has 0 aromatic heterocycles. The average molecular weight is 277 g/mol. The van der Waals surface area contributed by atoms with Gasteiger partial charge in [0.1, 0.15) is 0 Å². The van der Waals surface area contributed by atoms with Gasteiger partial charge in [0.05, 0.1) is 6.04 Å². The zero-order valence-electron chi connectivity index (χ0n) is 12.0. The molecule has 4 heteroatoms. The lowest BCUT2D eigenvalue weighted by atomic mass is 10.2. The van der Waals surface area contributed by atoms with Gasteiger partial charge in [-0.1, -0.05) is 11.8 Å². The van der Waals surface area contributed by atoms with Crippen molar-refractivity contribution in [2.45, 2.75) is 33.2 Å². The molecule has 0 bridgehead atoms. The van der Waals surface area contributed by atoms with Crippen molar-refractivity contribution in [2.75, 3.05) is 29.1 Å². The third-order valence-corrected chi connectivity index (χ3v) is 4.28. The zero-order valence-corrected chi connectivity index (χ0v) is 12.8. The summed E-state index contributed by atoms with van der Waals surface area (Å²) < 4.78 is 0. The maximum absolute atomic E-state index is 4.63. The second kappa shape index (κ2) is 6.85. The van der Waals surface area contributed by atoms with Gasteiger partial charge in [-0.3, -0.25) is 4.99 Å². The highest BCUT2D eigenvalue weighted by Gasteiger charge is 2.11. The minimum absolute atomic E-state index is 0.443. The Morgan fingerprint density at radius 3 is 2.53 bits per heavy atom. The number of amidine groups is 1. The molecule has 0 radical (unpaired) electrons. The van der Waals surface area contributed by atoms with E-state index in [2.05, 4.69) is 60.2 Å². The van der Waals surface area contributed by atoms with Crippen LogP contribution in [0.2, 0.25) is 0 Å². The number of benzene rings is 1. The Morgan fingerprint density at radius 2 is 1.95 bits per heavy atom. The maximum atomic E-state index is 4.63. The van der Waals surface area contributed by atoms with E-state index in [0.717, 1.165) is 29.7 Å². The van der Waals surface area contributed by atoms with Crippen molar-refractivity contribution in [1.29, 1.82) is 0 Å². The molecule has 0 spiro atoms. The molecule has 0 amide bonds. The molecule has 1 aliphatic rings. The first-order valence-corrected chi connectivity index (χ1v) is 8.04. The zero-order chi connectivity index (χ0) is 13.7. The van der Waals surface area contributed by atoms with Crippen molar-refractivity contribution in [2.24, 2.45) is 4.99 Å². The molecule has 1 atom stereocenters. The fourth-order valence-corrected chi connectivity index (χ4v) is 3.26. The molecule has 2 rings (SSSR count). The smallest absolute Gasteiger partial charge is 0.161 e. The predicted molar refractivity (Wildman–Crippen MR) is 87.6 cm³/mol. The van der Waals surface area contributed by atoms with Gasteiger partial charge < -0.3 is 10.2 Å². The normalized spacial score (nSPS) is 18.9. The lowest BCUT2D eigenvalue weighted by Crippen LogP contribution is -2.21. The van der Waals surface area contributed by atoms with Gasteiger partial charge in [0.2, 0.25) is 0 Å². The highest BCUT2D eigenvalue weighted by Crippen LogP contribution is 2.22. The molecule has 0 saturated carbocycles. The quantitative estimate of drug-likeness (QED) is 0.906. The summed E-state index contributed by atoms with van der Waals surface area (Å²) in [6, 6.07) is 9.06. The van der Waals surface area contributed by atoms with Crippen LogP contribution in [0.3, 0.4) is 0 Å². The van der Waals surface area contributed by atoms with E-state index in [1.807, 2.05) is 11.8 Å². The van der Waals surface area contributed by atoms with Gasteiger partial charge in [0.15, 0.2) is 5.17 Å². The molecule has 0 fully saturated rings. The second-order valence-corrected chi connectivity index (χ2v) is 5.85. The van der Waals surface area contributed by atoms with Crippen molar-refractivity contribution >= 4 is 28.3 Å². The summed E-state index contributed by atoms with van der Waals surface area (Å²) >= 11 is 1.81. The highest BCUT2D eigenvalue weighted by atomic mass is 32.2. The van der Waals surface area contributed by atoms with Gasteiger partial charge in [-0.25, -0.2) is 0 Å². The number of nitrogens with one attached hydrogen (secondary N) is 1. The van der Waals surface area contributed by atoms with Crippen molar-refractivity contribution in [3.63, 3.8) is 0 Å². The van der Waals surface area contributed by atoms with E-state index in [4.69, 9.17) is 0 Å². The number of thioether (sulfide) groups is 1. The molecule has 3 nitrogen and oxygen atoms in total. The average Bonchev–Trinajstić information content (AvgIpc) is 2.42. The number of hydrogen-bond donors (Lipinski definition) is 1. The van der Waals surface area contributed by atoms with Gasteiger partial charge in [-0.2, -0.15) is 0 Å². The molecule has 1 unspecified atom stereocenters. The number of rotatable bonds is 4. The molecule has 1 aromatic carbocycles. The summed E-state index contributed by atoms with van der Waals surface area (Å²) in [5, 5.41) is 4.46. The number of anilines is 2. The molecular formula is C15H23N3S. The van der Waals surface area contributed by atoms with Crippen LogP contribution in [-0.4, -0.2) is 30.1 Å². The van der Waals surface area contributed by atoms with Crippen molar-refractivity contribution in [3.05, 3.63) is 24.3 Å². The van der Waals surface area contributed by atoms with Crippen LogP contribution in [0.25, 0.3) is 0 Å². The lowest BCUT2D eigenvalue weighted by Gasteiger charge is -2.22. The van der Waals surface area contributed by atoms with Crippen molar-refractivity contribution < 1.29 is 0 Å². The van der Waals surface area contributed by atoms with Crippen LogP contribution >= 0.6 is 11.8 Å². The molecular weight excluding hydrogens is 254 g/mol. The molecule has 0 saturated heterocycles. The first kappa shape index (κ1) is 14.3. The predicted octanol–water partition coefficient (Wildman–Crippen LogP) is 3.83. The Bertz CT molecular complexity index is 424. The Balaban J connectivity index is 2.02. The van der Waals surface area contributed by atoms with Gasteiger partial charge in [-0.05, 0) is 51.5 Å². The highest BCUT2D eigenvalue weighted by molar-refractivity contribution is 8.14. The van der Waals surface area contributed by atoms with Crippen molar-refractivity contribution in [3.8, 4) is 0 Å². The third kappa shape index (κ3) is 3.90. The first-order chi connectivity index (χ1) is 9.22. The minimum Gasteiger partial charge on any atom is -0.372 e. The van der Waals surface area contributed by atoms with E-state index < -0.39 is 0 Å². The summed E-state index contributed by atoms with van der Waals surface area (Å²) in [6.07, 6.45) is 1.18. The van der Waals surface area contributed by atoms with E-state index in [1.54, 1.807) is 0 Å². The van der Waals surface area contributed by atoms with Gasteiger partial charge in [-0.15, -0.1) is 0 Å². The molecule has 1 aromatic rings. The third-order valence-electron chi connectivity index (χ3n) is 3.36. The van der Waals surface area contributed by atoms with Crippen LogP contribution in [0.5, 0.6) is 0 Å². The van der Waals surface area contributed by atoms with Crippen LogP contribution in [0.4, 0.5) is 11.4 Å². The van der Waals surface area contributed by atoms with Crippen LogP contribution in [0, 0.1) is 0 Å². The topological polar surface area (TPSA) is 27.6 Å². The first-order valence-electron chi connectivity index (χ1n) is 7.05. The van der Waals surface area contributed by atoms with Crippen LogP contribution < -0.4 is 10.2 Å². The van der Waals surface area contributed by atoms with Gasteiger partial charge >= 0.3 is 0 Å². The summed E-state index contributed by atoms with van der Waals surface area (Å²) in [6.45, 7) is 8.63. The SMILES string of the molecule is CCN(CC)c1ccc(NC2=NC(C)CCS2)cc1. The summed E-state index contributed by atoms with van der Waals surface area (Å²) in [5.41, 5.74) is 2.40. The van der Waals surface area contributed by atoms with Crippen LogP contribution in [0.1, 0.15) is 27.2 Å². The Kier molecular flexibility index (Phi) is 5.14. The maximum Gasteiger partial charge on any atom is 0.161 e. The Labute approximate surface area is 120 Å². The molecule has 104 valence electrons. The van der Waals surface area contributed by atoms with E-state index >= 15 is 0 Å². The fourth-order valence-electron chi connectivity index (χ4n) is 2.16. The van der Waals surface area contributed by atoms with Crippen LogP contribution in [0.15, 0.2) is 29.3 Å². The van der Waals surface area contributed by atoms with E-state index in [9.17, 15) is 0 Å².